The summed E-state index contributed by atoms with van der Waals surface area (Å²) in [4.78, 5) is 13.8. The molecule has 0 bridgehead atoms. The Morgan fingerprint density at radius 2 is 2.27 bits per heavy atom. The maximum absolute atomic E-state index is 10.2. The van der Waals surface area contributed by atoms with Crippen molar-refractivity contribution < 1.29 is 9.90 Å². The van der Waals surface area contributed by atoms with Crippen molar-refractivity contribution in [1.29, 1.82) is 0 Å². The summed E-state index contributed by atoms with van der Waals surface area (Å²) in [5, 5.41) is 12.3. The molecule has 1 aromatic heterocycles. The number of nitrogens with two attached hydrogens (primary N) is 1. The highest BCUT2D eigenvalue weighted by Gasteiger charge is 1.97. The zero-order chi connectivity index (χ0) is 8.69. The van der Waals surface area contributed by atoms with Crippen LogP contribution in [0, 0.1) is 0 Å². The van der Waals surface area contributed by atoms with E-state index in [9.17, 15) is 4.79 Å². The van der Waals surface area contributed by atoms with Crippen LogP contribution < -0.4 is 5.25 Å². The molecule has 5 heteroatoms. The van der Waals surface area contributed by atoms with Crippen LogP contribution in [0.1, 0.15) is 10.4 Å². The number of carboxylic acid groups (broad SMARTS) is 1. The first kappa shape index (κ1) is 9.87. The maximum atomic E-state index is 10.2. The van der Waals surface area contributed by atoms with E-state index in [4.69, 9.17) is 5.11 Å². The second kappa shape index (κ2) is 5.64. The van der Waals surface area contributed by atoms with E-state index in [2.05, 4.69) is 22.0 Å². The summed E-state index contributed by atoms with van der Waals surface area (Å²) >= 11 is 4.14. The second-order valence-corrected chi connectivity index (χ2v) is 1.55. The highest BCUT2D eigenvalue weighted by atomic mass is 35.5. The molecule has 0 atom stereocenters. The molecule has 0 spiro atoms. The Hall–Kier alpha value is -1.13. The zero-order valence-electron chi connectivity index (χ0n) is 5.57. The van der Waals surface area contributed by atoms with Gasteiger partial charge in [-0.25, -0.2) is 10.0 Å². The van der Waals surface area contributed by atoms with E-state index in [0.29, 0.717) is 0 Å². The minimum absolute atomic E-state index is 0.220. The second-order valence-electron chi connectivity index (χ2n) is 1.55. The summed E-state index contributed by atoms with van der Waals surface area (Å²) in [5.41, 5.74) is 0.220. The van der Waals surface area contributed by atoms with Crippen LogP contribution in [0.4, 0.5) is 0 Å². The van der Waals surface area contributed by atoms with Crippen LogP contribution in [0.15, 0.2) is 24.5 Å². The summed E-state index contributed by atoms with van der Waals surface area (Å²) in [6.45, 7) is 0. The highest BCUT2D eigenvalue weighted by molar-refractivity contribution is 6.11. The fraction of sp³-hybridized carbons (Fsp3) is 0. The Morgan fingerprint density at radius 1 is 1.64 bits per heavy atom. The third-order valence-electron chi connectivity index (χ3n) is 0.908. The van der Waals surface area contributed by atoms with E-state index in [1.807, 2.05) is 0 Å². The van der Waals surface area contributed by atoms with E-state index >= 15 is 0 Å². The van der Waals surface area contributed by atoms with Gasteiger partial charge in [-0.1, -0.05) is 0 Å². The number of halogens is 1. The molecule has 1 aromatic rings. The first-order valence-electron chi connectivity index (χ1n) is 2.66. The van der Waals surface area contributed by atoms with Crippen molar-refractivity contribution in [3.05, 3.63) is 30.1 Å². The molecule has 0 saturated carbocycles. The van der Waals surface area contributed by atoms with Crippen LogP contribution in [0.5, 0.6) is 0 Å². The van der Waals surface area contributed by atoms with Crippen molar-refractivity contribution in [2.24, 2.45) is 5.25 Å². The molecule has 0 aromatic carbocycles. The van der Waals surface area contributed by atoms with Crippen molar-refractivity contribution in [2.75, 3.05) is 0 Å². The average molecular weight is 175 g/mol. The van der Waals surface area contributed by atoms with Gasteiger partial charge >= 0.3 is 5.97 Å². The predicted octanol–water partition coefficient (Wildman–Crippen LogP) is 0.879. The highest BCUT2D eigenvalue weighted by Crippen LogP contribution is 1.92. The van der Waals surface area contributed by atoms with Gasteiger partial charge in [0.1, 0.15) is 0 Å². The molecule has 0 aliphatic rings. The van der Waals surface area contributed by atoms with Gasteiger partial charge in [-0.05, 0) is 23.9 Å². The van der Waals surface area contributed by atoms with Gasteiger partial charge in [0.2, 0.25) is 0 Å². The third-order valence-corrected chi connectivity index (χ3v) is 0.908. The van der Waals surface area contributed by atoms with Gasteiger partial charge in [0.25, 0.3) is 0 Å². The van der Waals surface area contributed by atoms with Crippen molar-refractivity contribution in [3.63, 3.8) is 0 Å². The minimum atomic E-state index is -0.942. The molecule has 0 fully saturated rings. The number of carbonyl (C=O) groups is 1. The molecule has 0 aliphatic carbocycles. The number of nitrogens with zero attached hydrogens (tertiary/aromatic N) is 1. The van der Waals surface area contributed by atoms with Crippen molar-refractivity contribution in [3.8, 4) is 0 Å². The topological polar surface area (TPSA) is 76.2 Å². The lowest BCUT2D eigenvalue weighted by Crippen LogP contribution is -1.94. The smallest absolute Gasteiger partial charge is 0.337 e. The fourth-order valence-electron chi connectivity index (χ4n) is 0.489. The van der Waals surface area contributed by atoms with E-state index in [1.165, 1.54) is 18.5 Å². The standard InChI is InChI=1S/C6H5NO2.ClH2N/c8-6(9)5-2-1-3-7-4-5;1-2/h1-4H,(H,8,9);2H2. The Balaban J connectivity index is 0.000000461. The lowest BCUT2D eigenvalue weighted by Gasteiger charge is -1.87. The Morgan fingerprint density at radius 3 is 2.55 bits per heavy atom. The molecule has 0 saturated heterocycles. The van der Waals surface area contributed by atoms with Gasteiger partial charge in [0.05, 0.1) is 5.56 Å². The van der Waals surface area contributed by atoms with Crippen LogP contribution in [-0.4, -0.2) is 16.1 Å². The van der Waals surface area contributed by atoms with Crippen LogP contribution in [-0.2, 0) is 0 Å². The normalized spacial score (nSPS) is 7.82. The lowest BCUT2D eigenvalue weighted by molar-refractivity contribution is 0.0696. The minimum Gasteiger partial charge on any atom is -0.478 e. The number of carboxylic acids is 1. The molecular weight excluding hydrogens is 168 g/mol. The molecule has 1 heterocycles. The van der Waals surface area contributed by atoms with Crippen molar-refractivity contribution >= 4 is 17.7 Å². The number of rotatable bonds is 1. The van der Waals surface area contributed by atoms with Crippen LogP contribution in [0.3, 0.4) is 0 Å². The molecular formula is C6H7ClN2O2. The molecule has 60 valence electrons. The van der Waals surface area contributed by atoms with Gasteiger partial charge < -0.3 is 5.11 Å². The van der Waals surface area contributed by atoms with Crippen molar-refractivity contribution in [1.82, 2.24) is 4.98 Å². The Labute approximate surface area is 68.7 Å². The summed E-state index contributed by atoms with van der Waals surface area (Å²) in [6, 6.07) is 3.08. The molecule has 3 N–H and O–H groups in total. The largest absolute Gasteiger partial charge is 0.478 e. The molecule has 0 aliphatic heterocycles. The molecule has 0 amide bonds. The first-order chi connectivity index (χ1) is 5.30. The quantitative estimate of drug-likeness (QED) is 0.620. The lowest BCUT2D eigenvalue weighted by atomic mass is 10.3. The predicted molar refractivity (Wildman–Crippen MR) is 41.2 cm³/mol. The fourth-order valence-corrected chi connectivity index (χ4v) is 0.489. The molecule has 0 unspecified atom stereocenters. The summed E-state index contributed by atoms with van der Waals surface area (Å²) < 4.78 is 0. The number of hydrogen-bond acceptors (Lipinski definition) is 3. The van der Waals surface area contributed by atoms with Gasteiger partial charge in [0, 0.05) is 12.4 Å². The number of pyridine rings is 1. The Kier molecular flexibility index (Phi) is 5.06. The Bertz CT molecular complexity index is 215. The number of aromatic carboxylic acids is 1. The summed E-state index contributed by atoms with van der Waals surface area (Å²) in [5.74, 6) is -0.942. The van der Waals surface area contributed by atoms with Crippen LogP contribution in [0.2, 0.25) is 0 Å². The monoisotopic (exact) mass is 174 g/mol. The van der Waals surface area contributed by atoms with Crippen LogP contribution >= 0.6 is 11.8 Å². The van der Waals surface area contributed by atoms with Gasteiger partial charge in [0.15, 0.2) is 0 Å². The molecule has 11 heavy (non-hydrogen) atoms. The average Bonchev–Trinajstić information content (AvgIpc) is 2.10. The SMILES string of the molecule is NCl.O=C(O)c1cccnc1. The van der Waals surface area contributed by atoms with Gasteiger partial charge in [-0.3, -0.25) is 4.98 Å². The van der Waals surface area contributed by atoms with Gasteiger partial charge in [-0.2, -0.15) is 0 Å². The van der Waals surface area contributed by atoms with E-state index < -0.39 is 5.97 Å². The van der Waals surface area contributed by atoms with E-state index in [0.717, 1.165) is 0 Å². The number of hydrogen-bond donors (Lipinski definition) is 2. The number of aromatic nitrogens is 1. The maximum Gasteiger partial charge on any atom is 0.337 e. The summed E-state index contributed by atoms with van der Waals surface area (Å²) in [6.07, 6.45) is 2.84. The van der Waals surface area contributed by atoms with Gasteiger partial charge in [-0.15, -0.1) is 0 Å². The molecule has 4 nitrogen and oxygen atoms in total. The third kappa shape index (κ3) is 3.54. The first-order valence-corrected chi connectivity index (χ1v) is 3.09. The molecule has 1 rings (SSSR count). The van der Waals surface area contributed by atoms with E-state index in [-0.39, 0.29) is 5.56 Å². The van der Waals surface area contributed by atoms with Crippen LogP contribution in [0.25, 0.3) is 0 Å². The van der Waals surface area contributed by atoms with Crippen molar-refractivity contribution in [2.45, 2.75) is 0 Å². The van der Waals surface area contributed by atoms with E-state index in [1.54, 1.807) is 6.07 Å². The molecule has 0 radical (unpaired) electrons. The summed E-state index contributed by atoms with van der Waals surface area (Å²) in [7, 11) is 0. The zero-order valence-corrected chi connectivity index (χ0v) is 6.32.